The lowest BCUT2D eigenvalue weighted by Gasteiger charge is -2.27. The molecule has 1 aromatic heterocycles. The van der Waals surface area contributed by atoms with Gasteiger partial charge in [-0.1, -0.05) is 30.3 Å². The van der Waals surface area contributed by atoms with E-state index in [4.69, 9.17) is 0 Å². The number of carbonyl (C=O) groups is 1. The van der Waals surface area contributed by atoms with Crippen molar-refractivity contribution in [3.05, 3.63) is 60.4 Å². The second-order valence-corrected chi connectivity index (χ2v) is 6.27. The number of rotatable bonds is 6. The van der Waals surface area contributed by atoms with Crippen molar-refractivity contribution in [2.45, 2.75) is 32.9 Å². The van der Waals surface area contributed by atoms with Gasteiger partial charge >= 0.3 is 0 Å². The SMILES string of the molecule is CC(C)N(C(=O)Cn1c(CCO)nc2ccccc21)c1ccccc1. The predicted octanol–water partition coefficient (Wildman–Crippen LogP) is 3.01. The van der Waals surface area contributed by atoms with Crippen molar-refractivity contribution in [2.24, 2.45) is 0 Å². The van der Waals surface area contributed by atoms with Gasteiger partial charge in [0.05, 0.1) is 17.6 Å². The van der Waals surface area contributed by atoms with Gasteiger partial charge in [0.25, 0.3) is 0 Å². The Bertz CT molecular complexity index is 856. The van der Waals surface area contributed by atoms with Crippen LogP contribution in [0.1, 0.15) is 19.7 Å². The summed E-state index contributed by atoms with van der Waals surface area (Å²) in [5, 5.41) is 9.33. The molecule has 130 valence electrons. The number of aliphatic hydroxyl groups excluding tert-OH is 1. The first kappa shape index (κ1) is 17.2. The minimum absolute atomic E-state index is 0.00328. The van der Waals surface area contributed by atoms with Gasteiger partial charge in [-0.05, 0) is 38.1 Å². The molecule has 0 aliphatic heterocycles. The number of imidazole rings is 1. The molecule has 5 nitrogen and oxygen atoms in total. The van der Waals surface area contributed by atoms with Crippen LogP contribution in [0.25, 0.3) is 11.0 Å². The zero-order valence-electron chi connectivity index (χ0n) is 14.6. The summed E-state index contributed by atoms with van der Waals surface area (Å²) >= 11 is 0. The topological polar surface area (TPSA) is 58.4 Å². The summed E-state index contributed by atoms with van der Waals surface area (Å²) in [6, 6.07) is 17.5. The van der Waals surface area contributed by atoms with Crippen LogP contribution in [0.5, 0.6) is 0 Å². The average molecular weight is 337 g/mol. The number of carbonyl (C=O) groups excluding carboxylic acids is 1. The highest BCUT2D eigenvalue weighted by molar-refractivity contribution is 5.94. The van der Waals surface area contributed by atoms with Crippen LogP contribution < -0.4 is 4.90 Å². The Morgan fingerprint density at radius 1 is 1.12 bits per heavy atom. The van der Waals surface area contributed by atoms with Crippen LogP contribution in [0, 0.1) is 0 Å². The van der Waals surface area contributed by atoms with E-state index >= 15 is 0 Å². The fourth-order valence-electron chi connectivity index (χ4n) is 3.12. The van der Waals surface area contributed by atoms with Crippen molar-refractivity contribution in [1.29, 1.82) is 0 Å². The van der Waals surface area contributed by atoms with E-state index in [0.717, 1.165) is 22.5 Å². The van der Waals surface area contributed by atoms with Gasteiger partial charge in [-0.15, -0.1) is 0 Å². The van der Waals surface area contributed by atoms with Crippen molar-refractivity contribution in [2.75, 3.05) is 11.5 Å². The molecule has 1 N–H and O–H groups in total. The van der Waals surface area contributed by atoms with E-state index < -0.39 is 0 Å². The van der Waals surface area contributed by atoms with E-state index in [2.05, 4.69) is 4.98 Å². The molecule has 0 saturated heterocycles. The number of aromatic nitrogens is 2. The number of amides is 1. The Balaban J connectivity index is 1.96. The molecule has 1 amide bonds. The lowest BCUT2D eigenvalue weighted by molar-refractivity contribution is -0.119. The van der Waals surface area contributed by atoms with Crippen LogP contribution in [-0.2, 0) is 17.8 Å². The predicted molar refractivity (Wildman–Crippen MR) is 99.6 cm³/mol. The maximum absolute atomic E-state index is 13.1. The molecule has 0 radical (unpaired) electrons. The molecule has 0 unspecified atom stereocenters. The molecule has 0 bridgehead atoms. The first-order valence-corrected chi connectivity index (χ1v) is 8.54. The molecule has 0 spiro atoms. The highest BCUT2D eigenvalue weighted by Crippen LogP contribution is 2.20. The van der Waals surface area contributed by atoms with Crippen molar-refractivity contribution in [3.8, 4) is 0 Å². The summed E-state index contributed by atoms with van der Waals surface area (Å²) in [6.07, 6.45) is 0.426. The Labute approximate surface area is 147 Å². The van der Waals surface area contributed by atoms with Crippen LogP contribution >= 0.6 is 0 Å². The molecular formula is C20H23N3O2. The zero-order valence-corrected chi connectivity index (χ0v) is 14.6. The Morgan fingerprint density at radius 2 is 1.80 bits per heavy atom. The van der Waals surface area contributed by atoms with Gasteiger partial charge in [-0.25, -0.2) is 4.98 Å². The molecule has 1 heterocycles. The smallest absolute Gasteiger partial charge is 0.247 e. The van der Waals surface area contributed by atoms with E-state index in [-0.39, 0.29) is 25.1 Å². The third-order valence-electron chi connectivity index (χ3n) is 4.18. The first-order valence-electron chi connectivity index (χ1n) is 8.54. The first-order chi connectivity index (χ1) is 12.1. The molecule has 2 aromatic carbocycles. The van der Waals surface area contributed by atoms with E-state index in [9.17, 15) is 9.90 Å². The number of hydrogen-bond donors (Lipinski definition) is 1. The van der Waals surface area contributed by atoms with Crippen molar-refractivity contribution in [1.82, 2.24) is 9.55 Å². The summed E-state index contributed by atoms with van der Waals surface area (Å²) in [4.78, 5) is 19.4. The third kappa shape index (κ3) is 3.56. The number of anilines is 1. The summed E-state index contributed by atoms with van der Waals surface area (Å²) < 4.78 is 1.91. The van der Waals surface area contributed by atoms with E-state index in [1.807, 2.05) is 73.0 Å². The van der Waals surface area contributed by atoms with E-state index in [0.29, 0.717) is 6.42 Å². The Hall–Kier alpha value is -2.66. The van der Waals surface area contributed by atoms with E-state index in [1.165, 1.54) is 0 Å². The quantitative estimate of drug-likeness (QED) is 0.752. The molecule has 3 rings (SSSR count). The van der Waals surface area contributed by atoms with Crippen LogP contribution in [-0.4, -0.2) is 33.2 Å². The largest absolute Gasteiger partial charge is 0.396 e. The normalized spacial score (nSPS) is 11.2. The number of aliphatic hydroxyl groups is 1. The van der Waals surface area contributed by atoms with Crippen LogP contribution in [0.15, 0.2) is 54.6 Å². The van der Waals surface area contributed by atoms with Gasteiger partial charge < -0.3 is 14.6 Å². The molecule has 5 heteroatoms. The highest BCUT2D eigenvalue weighted by atomic mass is 16.3. The fraction of sp³-hybridized carbons (Fsp3) is 0.300. The fourth-order valence-corrected chi connectivity index (χ4v) is 3.12. The van der Waals surface area contributed by atoms with Gasteiger partial charge in [0, 0.05) is 18.2 Å². The summed E-state index contributed by atoms with van der Waals surface area (Å²) in [5.74, 6) is 0.734. The molecule has 0 aliphatic carbocycles. The van der Waals surface area contributed by atoms with Crippen molar-refractivity contribution < 1.29 is 9.90 Å². The van der Waals surface area contributed by atoms with Gasteiger partial charge in [-0.3, -0.25) is 4.79 Å². The number of benzene rings is 2. The molecule has 25 heavy (non-hydrogen) atoms. The maximum Gasteiger partial charge on any atom is 0.247 e. The Kier molecular flexibility index (Phi) is 5.14. The average Bonchev–Trinajstić information content (AvgIpc) is 2.94. The molecular weight excluding hydrogens is 314 g/mol. The van der Waals surface area contributed by atoms with Crippen LogP contribution in [0.4, 0.5) is 5.69 Å². The molecule has 0 fully saturated rings. The molecule has 0 saturated carbocycles. The van der Waals surface area contributed by atoms with Gasteiger partial charge in [0.15, 0.2) is 0 Å². The zero-order chi connectivity index (χ0) is 17.8. The van der Waals surface area contributed by atoms with Crippen molar-refractivity contribution >= 4 is 22.6 Å². The van der Waals surface area contributed by atoms with Gasteiger partial charge in [-0.2, -0.15) is 0 Å². The standard InChI is InChI=1S/C20H23N3O2/c1-15(2)23(16-8-4-3-5-9-16)20(25)14-22-18-11-7-6-10-17(18)21-19(22)12-13-24/h3-11,15,24H,12-14H2,1-2H3. The number of hydrogen-bond acceptors (Lipinski definition) is 3. The lowest BCUT2D eigenvalue weighted by Crippen LogP contribution is -2.39. The second-order valence-electron chi connectivity index (χ2n) is 6.27. The molecule has 0 aliphatic rings. The van der Waals surface area contributed by atoms with Crippen LogP contribution in [0.3, 0.4) is 0 Å². The molecule has 3 aromatic rings. The second kappa shape index (κ2) is 7.49. The summed E-state index contributed by atoms with van der Waals surface area (Å²) in [7, 11) is 0. The van der Waals surface area contributed by atoms with E-state index in [1.54, 1.807) is 4.90 Å². The maximum atomic E-state index is 13.1. The highest BCUT2D eigenvalue weighted by Gasteiger charge is 2.21. The summed E-state index contributed by atoms with van der Waals surface area (Å²) in [5.41, 5.74) is 2.64. The molecule has 0 atom stereocenters. The van der Waals surface area contributed by atoms with Crippen molar-refractivity contribution in [3.63, 3.8) is 0 Å². The van der Waals surface area contributed by atoms with Crippen LogP contribution in [0.2, 0.25) is 0 Å². The van der Waals surface area contributed by atoms with Gasteiger partial charge in [0.2, 0.25) is 5.91 Å². The monoisotopic (exact) mass is 337 g/mol. The number of nitrogens with zero attached hydrogens (tertiary/aromatic N) is 3. The number of para-hydroxylation sites is 3. The minimum atomic E-state index is 0.00328. The summed E-state index contributed by atoms with van der Waals surface area (Å²) in [6.45, 7) is 4.21. The lowest BCUT2D eigenvalue weighted by atomic mass is 10.2. The Morgan fingerprint density at radius 3 is 2.48 bits per heavy atom. The number of fused-ring (bicyclic) bond motifs is 1. The van der Waals surface area contributed by atoms with Gasteiger partial charge in [0.1, 0.15) is 12.4 Å². The minimum Gasteiger partial charge on any atom is -0.396 e. The third-order valence-corrected chi connectivity index (χ3v) is 4.18.